The summed E-state index contributed by atoms with van der Waals surface area (Å²) < 4.78 is 0. The second-order valence-corrected chi connectivity index (χ2v) is 4.09. The van der Waals surface area contributed by atoms with Crippen LogP contribution in [0.25, 0.3) is 11.3 Å². The van der Waals surface area contributed by atoms with Crippen molar-refractivity contribution in [3.05, 3.63) is 57.8 Å². The first kappa shape index (κ1) is 14.1. The SMILES string of the molecule is NC(=O)c1cc([N+](=O)[O-])ccc1-c1ccc(C(=O)O)cn1. The van der Waals surface area contributed by atoms with E-state index in [0.29, 0.717) is 11.3 Å². The van der Waals surface area contributed by atoms with Crippen LogP contribution < -0.4 is 5.73 Å². The predicted molar refractivity (Wildman–Crippen MR) is 71.8 cm³/mol. The van der Waals surface area contributed by atoms with E-state index in [1.807, 2.05) is 0 Å². The van der Waals surface area contributed by atoms with Crippen LogP contribution in [0.3, 0.4) is 0 Å². The lowest BCUT2D eigenvalue weighted by atomic mass is 10.0. The molecule has 8 nitrogen and oxygen atoms in total. The molecule has 0 aliphatic carbocycles. The highest BCUT2D eigenvalue weighted by Gasteiger charge is 2.16. The Morgan fingerprint density at radius 1 is 1.24 bits per heavy atom. The highest BCUT2D eigenvalue weighted by atomic mass is 16.6. The third-order valence-electron chi connectivity index (χ3n) is 2.77. The van der Waals surface area contributed by atoms with Gasteiger partial charge in [0.1, 0.15) is 0 Å². The first-order valence-corrected chi connectivity index (χ1v) is 5.68. The maximum atomic E-state index is 11.4. The number of pyridine rings is 1. The zero-order chi connectivity index (χ0) is 15.6. The van der Waals surface area contributed by atoms with Crippen LogP contribution in [0, 0.1) is 10.1 Å². The molecule has 1 aromatic heterocycles. The van der Waals surface area contributed by atoms with E-state index in [9.17, 15) is 19.7 Å². The molecule has 0 spiro atoms. The molecule has 0 aliphatic rings. The minimum atomic E-state index is -1.13. The summed E-state index contributed by atoms with van der Waals surface area (Å²) in [5.41, 5.74) is 5.47. The fraction of sp³-hybridized carbons (Fsp3) is 0. The van der Waals surface area contributed by atoms with Crippen molar-refractivity contribution in [3.63, 3.8) is 0 Å². The van der Waals surface area contributed by atoms with Gasteiger partial charge in [0, 0.05) is 23.9 Å². The van der Waals surface area contributed by atoms with Gasteiger partial charge in [-0.25, -0.2) is 4.79 Å². The van der Waals surface area contributed by atoms with Crippen LogP contribution in [-0.2, 0) is 0 Å². The van der Waals surface area contributed by atoms with Crippen LogP contribution in [0.1, 0.15) is 20.7 Å². The van der Waals surface area contributed by atoms with Gasteiger partial charge in [-0.2, -0.15) is 0 Å². The number of carboxylic acid groups (broad SMARTS) is 1. The standard InChI is InChI=1S/C13H9N3O5/c14-12(17)10-5-8(16(20)21)2-3-9(10)11-4-1-7(6-15-11)13(18)19/h1-6H,(H2,14,17)(H,18,19). The maximum Gasteiger partial charge on any atom is 0.337 e. The molecule has 0 bridgehead atoms. The number of nitro groups is 1. The highest BCUT2D eigenvalue weighted by molar-refractivity contribution is 6.00. The number of aromatic nitrogens is 1. The summed E-state index contributed by atoms with van der Waals surface area (Å²) >= 11 is 0. The largest absolute Gasteiger partial charge is 0.478 e. The van der Waals surface area contributed by atoms with Crippen LogP contribution in [0.4, 0.5) is 5.69 Å². The zero-order valence-corrected chi connectivity index (χ0v) is 10.5. The van der Waals surface area contributed by atoms with Crippen LogP contribution in [0.15, 0.2) is 36.5 Å². The van der Waals surface area contributed by atoms with Crippen molar-refractivity contribution in [2.75, 3.05) is 0 Å². The third kappa shape index (κ3) is 2.84. The second-order valence-electron chi connectivity index (χ2n) is 4.09. The lowest BCUT2D eigenvalue weighted by molar-refractivity contribution is -0.384. The number of carbonyl (C=O) groups excluding carboxylic acids is 1. The molecular weight excluding hydrogens is 278 g/mol. The lowest BCUT2D eigenvalue weighted by Crippen LogP contribution is -2.13. The van der Waals surface area contributed by atoms with Gasteiger partial charge in [-0.3, -0.25) is 19.9 Å². The van der Waals surface area contributed by atoms with Gasteiger partial charge in [0.25, 0.3) is 5.69 Å². The van der Waals surface area contributed by atoms with Gasteiger partial charge in [-0.1, -0.05) is 0 Å². The van der Waals surface area contributed by atoms with Crippen molar-refractivity contribution in [1.29, 1.82) is 0 Å². The zero-order valence-electron chi connectivity index (χ0n) is 10.5. The first-order chi connectivity index (χ1) is 9.90. The quantitative estimate of drug-likeness (QED) is 0.645. The molecule has 0 unspecified atom stereocenters. The summed E-state index contributed by atoms with van der Waals surface area (Å²) in [7, 11) is 0. The summed E-state index contributed by atoms with van der Waals surface area (Å²) in [6.07, 6.45) is 1.13. The van der Waals surface area contributed by atoms with E-state index in [1.165, 1.54) is 24.3 Å². The van der Waals surface area contributed by atoms with Crippen molar-refractivity contribution in [1.82, 2.24) is 4.98 Å². The van der Waals surface area contributed by atoms with E-state index < -0.39 is 16.8 Å². The fourth-order valence-electron chi connectivity index (χ4n) is 1.75. The molecular formula is C13H9N3O5. The number of carboxylic acids is 1. The van der Waals surface area contributed by atoms with Crippen molar-refractivity contribution in [3.8, 4) is 11.3 Å². The van der Waals surface area contributed by atoms with E-state index in [1.54, 1.807) is 0 Å². The molecule has 2 aromatic rings. The fourth-order valence-corrected chi connectivity index (χ4v) is 1.75. The number of hydrogen-bond donors (Lipinski definition) is 2. The number of carbonyl (C=O) groups is 2. The number of aromatic carboxylic acids is 1. The topological polar surface area (TPSA) is 136 Å². The predicted octanol–water partition coefficient (Wildman–Crippen LogP) is 1.45. The van der Waals surface area contributed by atoms with Crippen LogP contribution in [0.5, 0.6) is 0 Å². The minimum Gasteiger partial charge on any atom is -0.478 e. The van der Waals surface area contributed by atoms with Gasteiger partial charge in [-0.05, 0) is 18.2 Å². The summed E-state index contributed by atoms with van der Waals surface area (Å²) in [6.45, 7) is 0. The van der Waals surface area contributed by atoms with Gasteiger partial charge in [0.15, 0.2) is 0 Å². The molecule has 1 heterocycles. The Morgan fingerprint density at radius 3 is 2.43 bits per heavy atom. The molecule has 0 radical (unpaired) electrons. The Balaban J connectivity index is 2.54. The van der Waals surface area contributed by atoms with Crippen molar-refractivity contribution < 1.29 is 19.6 Å². The molecule has 0 atom stereocenters. The molecule has 2 rings (SSSR count). The Kier molecular flexibility index (Phi) is 3.61. The smallest absolute Gasteiger partial charge is 0.337 e. The molecule has 8 heteroatoms. The van der Waals surface area contributed by atoms with E-state index in [0.717, 1.165) is 12.3 Å². The average Bonchev–Trinajstić information content (AvgIpc) is 2.46. The third-order valence-corrected chi connectivity index (χ3v) is 2.77. The maximum absolute atomic E-state index is 11.4. The van der Waals surface area contributed by atoms with Gasteiger partial charge in [0.05, 0.1) is 21.7 Å². The first-order valence-electron chi connectivity index (χ1n) is 5.68. The van der Waals surface area contributed by atoms with Gasteiger partial charge >= 0.3 is 5.97 Å². The summed E-state index contributed by atoms with van der Waals surface area (Å²) in [5, 5.41) is 19.5. The highest BCUT2D eigenvalue weighted by Crippen LogP contribution is 2.26. The van der Waals surface area contributed by atoms with Gasteiger partial charge < -0.3 is 10.8 Å². The number of benzene rings is 1. The van der Waals surface area contributed by atoms with Crippen molar-refractivity contribution in [2.45, 2.75) is 0 Å². The van der Waals surface area contributed by atoms with E-state index in [2.05, 4.69) is 4.98 Å². The van der Waals surface area contributed by atoms with Crippen molar-refractivity contribution in [2.24, 2.45) is 5.73 Å². The van der Waals surface area contributed by atoms with Crippen molar-refractivity contribution >= 4 is 17.6 Å². The summed E-state index contributed by atoms with van der Waals surface area (Å²) in [5.74, 6) is -1.97. The molecule has 3 N–H and O–H groups in total. The summed E-state index contributed by atoms with van der Waals surface area (Å²) in [6, 6.07) is 6.34. The van der Waals surface area contributed by atoms with Gasteiger partial charge in [-0.15, -0.1) is 0 Å². The molecule has 0 fully saturated rings. The Morgan fingerprint density at radius 2 is 1.95 bits per heavy atom. The Bertz CT molecular complexity index is 740. The number of hydrogen-bond acceptors (Lipinski definition) is 5. The monoisotopic (exact) mass is 287 g/mol. The average molecular weight is 287 g/mol. The number of nitrogens with two attached hydrogens (primary N) is 1. The number of non-ortho nitro benzene ring substituents is 1. The van der Waals surface area contributed by atoms with E-state index in [4.69, 9.17) is 10.8 Å². The van der Waals surface area contributed by atoms with E-state index >= 15 is 0 Å². The number of amides is 1. The second kappa shape index (κ2) is 5.37. The number of nitrogens with zero attached hydrogens (tertiary/aromatic N) is 2. The van der Waals surface area contributed by atoms with Crippen LogP contribution in [-0.4, -0.2) is 26.9 Å². The molecule has 21 heavy (non-hydrogen) atoms. The van der Waals surface area contributed by atoms with Crippen LogP contribution >= 0.6 is 0 Å². The van der Waals surface area contributed by atoms with Crippen LogP contribution in [0.2, 0.25) is 0 Å². The molecule has 0 saturated carbocycles. The summed E-state index contributed by atoms with van der Waals surface area (Å²) in [4.78, 5) is 36.2. The number of nitro benzene ring substituents is 1. The lowest BCUT2D eigenvalue weighted by Gasteiger charge is -2.06. The molecule has 1 amide bonds. The number of primary amides is 1. The molecule has 1 aromatic carbocycles. The minimum absolute atomic E-state index is 0.0127. The van der Waals surface area contributed by atoms with Gasteiger partial charge in [0.2, 0.25) is 5.91 Å². The molecule has 106 valence electrons. The Hall–Kier alpha value is -3.29. The molecule has 0 aliphatic heterocycles. The Labute approximate surface area is 118 Å². The normalized spacial score (nSPS) is 10.1. The number of rotatable bonds is 4. The van der Waals surface area contributed by atoms with E-state index in [-0.39, 0.29) is 16.8 Å². The molecule has 0 saturated heterocycles.